The maximum Gasteiger partial charge on any atom is 0.244 e. The Labute approximate surface area is 143 Å². The van der Waals surface area contributed by atoms with Crippen molar-refractivity contribution in [3.05, 3.63) is 26.7 Å². The lowest BCUT2D eigenvalue weighted by atomic mass is 10.1. The average molecular weight is 425 g/mol. The molecule has 1 aromatic carbocycles. The van der Waals surface area contributed by atoms with E-state index in [1.165, 1.54) is 10.4 Å². The van der Waals surface area contributed by atoms with E-state index in [9.17, 15) is 8.42 Å². The normalized spacial score (nSPS) is 19.9. The molecular formula is C11H14BrCl3N2O2S. The number of halogens is 4. The molecule has 1 aromatic rings. The van der Waals surface area contributed by atoms with Crippen molar-refractivity contribution in [1.82, 2.24) is 4.31 Å². The molecule has 20 heavy (non-hydrogen) atoms. The van der Waals surface area contributed by atoms with E-state index < -0.39 is 10.0 Å². The van der Waals surface area contributed by atoms with Gasteiger partial charge in [-0.1, -0.05) is 23.2 Å². The quantitative estimate of drug-likeness (QED) is 0.758. The van der Waals surface area contributed by atoms with Crippen molar-refractivity contribution in [2.45, 2.75) is 11.3 Å². The topological polar surface area (TPSA) is 63.4 Å². The van der Waals surface area contributed by atoms with Crippen LogP contribution in [0.1, 0.15) is 6.42 Å². The van der Waals surface area contributed by atoms with Crippen LogP contribution in [0.25, 0.3) is 0 Å². The molecule has 0 spiro atoms. The van der Waals surface area contributed by atoms with E-state index in [2.05, 4.69) is 15.9 Å². The highest BCUT2D eigenvalue weighted by molar-refractivity contribution is 9.10. The number of hydrogen-bond donors (Lipinski definition) is 1. The van der Waals surface area contributed by atoms with Crippen LogP contribution >= 0.6 is 51.5 Å². The Hall–Kier alpha value is 0.440. The van der Waals surface area contributed by atoms with Crippen molar-refractivity contribution in [1.29, 1.82) is 0 Å². The summed E-state index contributed by atoms with van der Waals surface area (Å²) in [6.45, 7) is 1.39. The molecule has 114 valence electrons. The molecule has 1 heterocycles. The van der Waals surface area contributed by atoms with E-state index in [1.54, 1.807) is 6.07 Å². The zero-order valence-electron chi connectivity index (χ0n) is 10.4. The summed E-state index contributed by atoms with van der Waals surface area (Å²) in [5, 5.41) is 0.254. The minimum absolute atomic E-state index is 0. The van der Waals surface area contributed by atoms with E-state index in [4.69, 9.17) is 28.9 Å². The van der Waals surface area contributed by atoms with Gasteiger partial charge in [0.05, 0.1) is 10.0 Å². The second-order valence-corrected chi connectivity index (χ2v) is 7.94. The maximum absolute atomic E-state index is 12.5. The van der Waals surface area contributed by atoms with Gasteiger partial charge in [-0.25, -0.2) is 8.42 Å². The Kier molecular flexibility index (Phi) is 6.59. The first-order valence-corrected chi connectivity index (χ1v) is 8.70. The molecule has 0 radical (unpaired) electrons. The molecule has 1 unspecified atom stereocenters. The molecule has 2 N–H and O–H groups in total. The Morgan fingerprint density at radius 2 is 2.00 bits per heavy atom. The third-order valence-corrected chi connectivity index (χ3v) is 6.99. The van der Waals surface area contributed by atoms with E-state index in [0.29, 0.717) is 24.1 Å². The van der Waals surface area contributed by atoms with E-state index >= 15 is 0 Å². The van der Waals surface area contributed by atoms with Gasteiger partial charge in [-0.3, -0.25) is 0 Å². The minimum atomic E-state index is -3.61. The molecule has 0 bridgehead atoms. The van der Waals surface area contributed by atoms with Gasteiger partial charge in [-0.2, -0.15) is 4.31 Å². The first-order valence-electron chi connectivity index (χ1n) is 5.71. The van der Waals surface area contributed by atoms with Gasteiger partial charge in [-0.15, -0.1) is 12.4 Å². The van der Waals surface area contributed by atoms with E-state index in [1.807, 2.05) is 0 Å². The molecule has 0 saturated carbocycles. The van der Waals surface area contributed by atoms with Gasteiger partial charge >= 0.3 is 0 Å². The highest BCUT2D eigenvalue weighted by Gasteiger charge is 2.33. The van der Waals surface area contributed by atoms with Crippen LogP contribution in [0, 0.1) is 5.92 Å². The van der Waals surface area contributed by atoms with Crippen molar-refractivity contribution in [3.8, 4) is 0 Å². The molecule has 0 aliphatic carbocycles. The lowest BCUT2D eigenvalue weighted by Gasteiger charge is -2.18. The van der Waals surface area contributed by atoms with Gasteiger partial charge < -0.3 is 5.73 Å². The van der Waals surface area contributed by atoms with E-state index in [0.717, 1.165) is 6.42 Å². The van der Waals surface area contributed by atoms with Gasteiger partial charge in [0.1, 0.15) is 4.90 Å². The molecule has 1 saturated heterocycles. The fraction of sp³-hybridized carbons (Fsp3) is 0.455. The zero-order chi connectivity index (χ0) is 14.2. The monoisotopic (exact) mass is 422 g/mol. The van der Waals surface area contributed by atoms with Crippen LogP contribution in [0.3, 0.4) is 0 Å². The second kappa shape index (κ2) is 7.13. The smallest absolute Gasteiger partial charge is 0.244 e. The number of nitrogens with two attached hydrogens (primary N) is 1. The first kappa shape index (κ1) is 18.5. The summed E-state index contributed by atoms with van der Waals surface area (Å²) in [7, 11) is -3.61. The molecular weight excluding hydrogens is 410 g/mol. The van der Waals surface area contributed by atoms with Crippen LogP contribution in [0.5, 0.6) is 0 Å². The molecule has 4 nitrogen and oxygen atoms in total. The molecule has 0 aromatic heterocycles. The second-order valence-electron chi connectivity index (χ2n) is 4.43. The van der Waals surface area contributed by atoms with Crippen LogP contribution in [0.2, 0.25) is 10.0 Å². The van der Waals surface area contributed by atoms with Crippen LogP contribution in [-0.2, 0) is 10.0 Å². The SMILES string of the molecule is Cl.NCC1CCN(S(=O)(=O)c2ccc(Br)c(Cl)c2Cl)C1. The zero-order valence-corrected chi connectivity index (χ0v) is 15.1. The molecule has 0 amide bonds. The van der Waals surface area contributed by atoms with Gasteiger partial charge in [0.15, 0.2) is 0 Å². The number of sulfonamides is 1. The van der Waals surface area contributed by atoms with Crippen LogP contribution < -0.4 is 5.73 Å². The van der Waals surface area contributed by atoms with Gasteiger partial charge in [0.2, 0.25) is 10.0 Å². The highest BCUT2D eigenvalue weighted by Crippen LogP contribution is 2.37. The van der Waals surface area contributed by atoms with Crippen LogP contribution in [0.4, 0.5) is 0 Å². The van der Waals surface area contributed by atoms with Crippen molar-refractivity contribution in [2.75, 3.05) is 19.6 Å². The van der Waals surface area contributed by atoms with Crippen molar-refractivity contribution in [3.63, 3.8) is 0 Å². The van der Waals surface area contributed by atoms with Gasteiger partial charge in [-0.05, 0) is 46.9 Å². The molecule has 9 heteroatoms. The fourth-order valence-corrected chi connectivity index (χ4v) is 4.78. The lowest BCUT2D eigenvalue weighted by Crippen LogP contribution is -2.30. The van der Waals surface area contributed by atoms with Crippen molar-refractivity contribution in [2.24, 2.45) is 11.7 Å². The predicted octanol–water partition coefficient (Wildman–Crippen LogP) is 3.15. The average Bonchev–Trinajstić information content (AvgIpc) is 2.85. The molecule has 2 rings (SSSR count). The van der Waals surface area contributed by atoms with Crippen molar-refractivity contribution < 1.29 is 8.42 Å². The summed E-state index contributed by atoms with van der Waals surface area (Å²) in [5.41, 5.74) is 5.58. The highest BCUT2D eigenvalue weighted by atomic mass is 79.9. The van der Waals surface area contributed by atoms with Gasteiger partial charge in [0.25, 0.3) is 0 Å². The molecule has 1 fully saturated rings. The minimum Gasteiger partial charge on any atom is -0.330 e. The number of hydrogen-bond acceptors (Lipinski definition) is 3. The summed E-state index contributed by atoms with van der Waals surface area (Å²) in [5.74, 6) is 0.208. The Morgan fingerprint density at radius 3 is 2.55 bits per heavy atom. The third kappa shape index (κ3) is 3.43. The number of rotatable bonds is 3. The Balaban J connectivity index is 0.00000200. The van der Waals surface area contributed by atoms with Crippen LogP contribution in [0.15, 0.2) is 21.5 Å². The molecule has 1 aliphatic heterocycles. The maximum atomic E-state index is 12.5. The lowest BCUT2D eigenvalue weighted by molar-refractivity contribution is 0.459. The molecule has 1 atom stereocenters. The first-order chi connectivity index (χ1) is 8.87. The van der Waals surface area contributed by atoms with Crippen molar-refractivity contribution >= 4 is 61.6 Å². The fourth-order valence-electron chi connectivity index (χ4n) is 2.05. The summed E-state index contributed by atoms with van der Waals surface area (Å²) in [6, 6.07) is 3.04. The summed E-state index contributed by atoms with van der Waals surface area (Å²) < 4.78 is 27.0. The summed E-state index contributed by atoms with van der Waals surface area (Å²) >= 11 is 15.2. The molecule has 1 aliphatic rings. The predicted molar refractivity (Wildman–Crippen MR) is 87.3 cm³/mol. The Morgan fingerprint density at radius 1 is 1.35 bits per heavy atom. The summed E-state index contributed by atoms with van der Waals surface area (Å²) in [6.07, 6.45) is 0.775. The van der Waals surface area contributed by atoms with E-state index in [-0.39, 0.29) is 33.3 Å². The number of nitrogens with zero attached hydrogens (tertiary/aromatic N) is 1. The standard InChI is InChI=1S/C11H13BrCl2N2O2S.ClH/c12-8-1-2-9(11(14)10(8)13)19(17,18)16-4-3-7(5-15)6-16;/h1-2,7H,3-6,15H2;1H. The number of benzene rings is 1. The Bertz CT molecular complexity index is 598. The van der Waals surface area contributed by atoms with Gasteiger partial charge in [0, 0.05) is 17.6 Å². The summed E-state index contributed by atoms with van der Waals surface area (Å²) in [4.78, 5) is 0.0417. The van der Waals surface area contributed by atoms with Crippen LogP contribution in [-0.4, -0.2) is 32.4 Å². The largest absolute Gasteiger partial charge is 0.330 e. The third-order valence-electron chi connectivity index (χ3n) is 3.20.